The summed E-state index contributed by atoms with van der Waals surface area (Å²) in [5.74, 6) is 0.159. The van der Waals surface area contributed by atoms with Crippen molar-refractivity contribution in [2.24, 2.45) is 0 Å². The molecule has 26 heavy (non-hydrogen) atoms. The summed E-state index contributed by atoms with van der Waals surface area (Å²) in [6, 6.07) is 18.7. The fraction of sp³-hybridized carbons (Fsp3) is 0.409. The second kappa shape index (κ2) is 7.22. The number of hydrogen-bond donors (Lipinski definition) is 2. The average Bonchev–Trinajstić information content (AvgIpc) is 3.10. The SMILES string of the molecule is C[C@H](NC(=O)C1(N2CCNCC2)Cc2ccccc2C1)c1ccccc1. The number of fused-ring (bicyclic) bond motifs is 1. The van der Waals surface area contributed by atoms with Gasteiger partial charge >= 0.3 is 0 Å². The summed E-state index contributed by atoms with van der Waals surface area (Å²) in [6.45, 7) is 5.79. The van der Waals surface area contributed by atoms with Gasteiger partial charge in [-0.1, -0.05) is 54.6 Å². The van der Waals surface area contributed by atoms with E-state index in [-0.39, 0.29) is 11.9 Å². The first-order chi connectivity index (χ1) is 12.7. The Balaban J connectivity index is 1.60. The minimum atomic E-state index is -0.463. The smallest absolute Gasteiger partial charge is 0.241 e. The van der Waals surface area contributed by atoms with Crippen molar-refractivity contribution < 1.29 is 4.79 Å². The Morgan fingerprint density at radius 3 is 2.19 bits per heavy atom. The lowest BCUT2D eigenvalue weighted by Crippen LogP contribution is -2.64. The molecular weight excluding hydrogens is 322 g/mol. The topological polar surface area (TPSA) is 44.4 Å². The summed E-state index contributed by atoms with van der Waals surface area (Å²) in [5.41, 5.74) is 3.31. The lowest BCUT2D eigenvalue weighted by atomic mass is 9.90. The van der Waals surface area contributed by atoms with Gasteiger partial charge in [-0.2, -0.15) is 0 Å². The molecule has 1 atom stereocenters. The van der Waals surface area contributed by atoms with Gasteiger partial charge in [0.05, 0.1) is 6.04 Å². The van der Waals surface area contributed by atoms with Gasteiger partial charge in [0.2, 0.25) is 5.91 Å². The minimum absolute atomic E-state index is 0.00667. The Hall–Kier alpha value is -2.17. The van der Waals surface area contributed by atoms with Gasteiger partial charge in [0.15, 0.2) is 0 Å². The third-order valence-electron chi connectivity index (χ3n) is 5.88. The molecule has 0 spiro atoms. The van der Waals surface area contributed by atoms with E-state index in [1.807, 2.05) is 18.2 Å². The molecule has 4 rings (SSSR count). The highest BCUT2D eigenvalue weighted by Crippen LogP contribution is 2.35. The van der Waals surface area contributed by atoms with Crippen LogP contribution in [0.3, 0.4) is 0 Å². The summed E-state index contributed by atoms with van der Waals surface area (Å²) >= 11 is 0. The number of rotatable bonds is 4. The molecule has 1 fully saturated rings. The molecule has 2 aromatic carbocycles. The van der Waals surface area contributed by atoms with Gasteiger partial charge in [-0.05, 0) is 23.6 Å². The van der Waals surface area contributed by atoms with Crippen LogP contribution in [0.4, 0.5) is 0 Å². The molecular formula is C22H27N3O. The quantitative estimate of drug-likeness (QED) is 0.890. The molecule has 1 heterocycles. The number of carbonyl (C=O) groups is 1. The van der Waals surface area contributed by atoms with Crippen LogP contribution in [0.2, 0.25) is 0 Å². The maximum atomic E-state index is 13.5. The second-order valence-corrected chi connectivity index (χ2v) is 7.50. The van der Waals surface area contributed by atoms with E-state index < -0.39 is 5.54 Å². The first kappa shape index (κ1) is 17.3. The average molecular weight is 349 g/mol. The molecule has 2 aromatic rings. The van der Waals surface area contributed by atoms with Crippen molar-refractivity contribution in [1.29, 1.82) is 0 Å². The molecule has 4 heteroatoms. The fourth-order valence-corrected chi connectivity index (χ4v) is 4.37. The molecule has 1 saturated heterocycles. The number of carbonyl (C=O) groups excluding carboxylic acids is 1. The van der Waals surface area contributed by atoms with Crippen molar-refractivity contribution in [2.75, 3.05) is 26.2 Å². The third kappa shape index (κ3) is 3.15. The van der Waals surface area contributed by atoms with Gasteiger partial charge in [0, 0.05) is 39.0 Å². The van der Waals surface area contributed by atoms with E-state index in [0.717, 1.165) is 44.6 Å². The van der Waals surface area contributed by atoms with Gasteiger partial charge in [0.25, 0.3) is 0 Å². The van der Waals surface area contributed by atoms with E-state index in [4.69, 9.17) is 0 Å². The minimum Gasteiger partial charge on any atom is -0.348 e. The maximum Gasteiger partial charge on any atom is 0.241 e. The number of hydrogen-bond acceptors (Lipinski definition) is 3. The molecule has 0 bridgehead atoms. The molecule has 0 radical (unpaired) electrons. The van der Waals surface area contributed by atoms with E-state index in [9.17, 15) is 4.79 Å². The third-order valence-corrected chi connectivity index (χ3v) is 5.88. The van der Waals surface area contributed by atoms with Crippen molar-refractivity contribution in [3.05, 3.63) is 71.3 Å². The second-order valence-electron chi connectivity index (χ2n) is 7.50. The normalized spacial score (nSPS) is 20.3. The summed E-state index contributed by atoms with van der Waals surface area (Å²) in [4.78, 5) is 15.9. The van der Waals surface area contributed by atoms with Crippen LogP contribution in [0, 0.1) is 0 Å². The van der Waals surface area contributed by atoms with Crippen LogP contribution < -0.4 is 10.6 Å². The Kier molecular flexibility index (Phi) is 4.79. The van der Waals surface area contributed by atoms with Crippen LogP contribution in [0.25, 0.3) is 0 Å². The zero-order chi connectivity index (χ0) is 18.0. The first-order valence-electron chi connectivity index (χ1n) is 9.57. The van der Waals surface area contributed by atoms with Crippen molar-refractivity contribution in [1.82, 2.24) is 15.5 Å². The highest BCUT2D eigenvalue weighted by atomic mass is 16.2. The number of nitrogens with zero attached hydrogens (tertiary/aromatic N) is 1. The van der Waals surface area contributed by atoms with E-state index in [2.05, 4.69) is 58.9 Å². The van der Waals surface area contributed by atoms with Crippen LogP contribution in [0.1, 0.15) is 29.7 Å². The van der Waals surface area contributed by atoms with Gasteiger partial charge in [0.1, 0.15) is 5.54 Å². The first-order valence-corrected chi connectivity index (χ1v) is 9.57. The van der Waals surface area contributed by atoms with E-state index in [1.165, 1.54) is 11.1 Å². The van der Waals surface area contributed by atoms with Crippen LogP contribution in [-0.4, -0.2) is 42.5 Å². The number of amides is 1. The molecule has 0 saturated carbocycles. The summed E-state index contributed by atoms with van der Waals surface area (Å²) in [7, 11) is 0. The molecule has 0 unspecified atom stereocenters. The predicted octanol–water partition coefficient (Wildman–Crippen LogP) is 2.31. The van der Waals surface area contributed by atoms with Gasteiger partial charge in [-0.15, -0.1) is 0 Å². The Bertz CT molecular complexity index is 743. The zero-order valence-electron chi connectivity index (χ0n) is 15.4. The van der Waals surface area contributed by atoms with E-state index in [1.54, 1.807) is 0 Å². The predicted molar refractivity (Wildman–Crippen MR) is 104 cm³/mol. The van der Waals surface area contributed by atoms with Crippen LogP contribution in [0.15, 0.2) is 54.6 Å². The highest BCUT2D eigenvalue weighted by molar-refractivity contribution is 5.88. The lowest BCUT2D eigenvalue weighted by molar-refractivity contribution is -0.134. The maximum absolute atomic E-state index is 13.5. The number of nitrogens with one attached hydrogen (secondary N) is 2. The van der Waals surface area contributed by atoms with Crippen LogP contribution in [0.5, 0.6) is 0 Å². The fourth-order valence-electron chi connectivity index (χ4n) is 4.37. The Morgan fingerprint density at radius 2 is 1.58 bits per heavy atom. The Morgan fingerprint density at radius 1 is 1.00 bits per heavy atom. The van der Waals surface area contributed by atoms with Crippen molar-refractivity contribution >= 4 is 5.91 Å². The van der Waals surface area contributed by atoms with Gasteiger partial charge in [-0.25, -0.2) is 0 Å². The lowest BCUT2D eigenvalue weighted by Gasteiger charge is -2.42. The molecule has 0 aromatic heterocycles. The molecule has 136 valence electrons. The van der Waals surface area contributed by atoms with E-state index >= 15 is 0 Å². The molecule has 4 nitrogen and oxygen atoms in total. The monoisotopic (exact) mass is 349 g/mol. The molecule has 2 N–H and O–H groups in total. The molecule has 1 aliphatic carbocycles. The number of piperazine rings is 1. The van der Waals surface area contributed by atoms with Crippen LogP contribution >= 0.6 is 0 Å². The standard InChI is InChI=1S/C22H27N3O/c1-17(18-7-3-2-4-8-18)24-21(26)22(25-13-11-23-12-14-25)15-19-9-5-6-10-20(19)16-22/h2-10,17,23H,11-16H2,1H3,(H,24,26)/t17-/m0/s1. The van der Waals surface area contributed by atoms with Gasteiger partial charge < -0.3 is 10.6 Å². The summed E-state index contributed by atoms with van der Waals surface area (Å²) < 4.78 is 0. The number of benzene rings is 2. The van der Waals surface area contributed by atoms with E-state index in [0.29, 0.717) is 0 Å². The van der Waals surface area contributed by atoms with Crippen LogP contribution in [-0.2, 0) is 17.6 Å². The van der Waals surface area contributed by atoms with Crippen molar-refractivity contribution in [3.8, 4) is 0 Å². The van der Waals surface area contributed by atoms with Crippen molar-refractivity contribution in [2.45, 2.75) is 31.3 Å². The van der Waals surface area contributed by atoms with Crippen molar-refractivity contribution in [3.63, 3.8) is 0 Å². The zero-order valence-corrected chi connectivity index (χ0v) is 15.4. The molecule has 1 aliphatic heterocycles. The highest BCUT2D eigenvalue weighted by Gasteiger charge is 2.48. The summed E-state index contributed by atoms with van der Waals surface area (Å²) in [6.07, 6.45) is 1.60. The Labute approximate surface area is 155 Å². The molecule has 1 amide bonds. The largest absolute Gasteiger partial charge is 0.348 e. The van der Waals surface area contributed by atoms with Gasteiger partial charge in [-0.3, -0.25) is 9.69 Å². The summed E-state index contributed by atoms with van der Waals surface area (Å²) in [5, 5.41) is 6.72. The molecule has 2 aliphatic rings.